The quantitative estimate of drug-likeness (QED) is 0.173. The maximum Gasteiger partial charge on any atom is 0.248 e. The minimum absolute atomic E-state index is 0.0867. The maximum absolute atomic E-state index is 12.8. The Hall–Kier alpha value is -0.570. The molecule has 0 aromatic rings. The number of carbonyl (C=O) groups is 1. The second-order valence-corrected chi connectivity index (χ2v) is 13.1. The highest BCUT2D eigenvalue weighted by atomic mass is 16.5. The molecule has 1 aliphatic carbocycles. The molecule has 0 bridgehead atoms. The van der Waals surface area contributed by atoms with Crippen molar-refractivity contribution in [2.24, 2.45) is 5.92 Å². The van der Waals surface area contributed by atoms with Crippen LogP contribution in [-0.2, 0) is 9.53 Å². The summed E-state index contributed by atoms with van der Waals surface area (Å²) in [6.45, 7) is 7.20. The number of unbranched alkanes of at least 4 members (excludes halogenated alkanes) is 11. The first-order valence-corrected chi connectivity index (χ1v) is 18.1. The van der Waals surface area contributed by atoms with Crippen molar-refractivity contribution < 1.29 is 9.53 Å². The van der Waals surface area contributed by atoms with Crippen LogP contribution in [-0.4, -0.2) is 24.7 Å². The van der Waals surface area contributed by atoms with Gasteiger partial charge in [0.1, 0.15) is 6.10 Å². The Morgan fingerprint density at radius 2 is 1.00 bits per heavy atom. The van der Waals surface area contributed by atoms with E-state index in [1.54, 1.807) is 0 Å². The van der Waals surface area contributed by atoms with E-state index in [4.69, 9.17) is 4.74 Å². The largest absolute Gasteiger partial charge is 0.366 e. The van der Waals surface area contributed by atoms with E-state index in [1.165, 1.54) is 173 Å². The Kier molecular flexibility index (Phi) is 25.8. The van der Waals surface area contributed by atoms with Gasteiger partial charge in [-0.1, -0.05) is 167 Å². The van der Waals surface area contributed by atoms with Crippen LogP contribution >= 0.6 is 0 Å². The third kappa shape index (κ3) is 23.8. The fourth-order valence-electron chi connectivity index (χ4n) is 6.30. The number of amides is 1. The van der Waals surface area contributed by atoms with Crippen molar-refractivity contribution in [3.63, 3.8) is 0 Å². The van der Waals surface area contributed by atoms with E-state index in [1.807, 2.05) is 6.92 Å². The van der Waals surface area contributed by atoms with Gasteiger partial charge in [-0.25, -0.2) is 0 Å². The molecule has 2 atom stereocenters. The smallest absolute Gasteiger partial charge is 0.248 e. The van der Waals surface area contributed by atoms with E-state index >= 15 is 0 Å². The average molecular weight is 550 g/mol. The molecular formula is C36H71NO2. The molecule has 0 saturated heterocycles. The van der Waals surface area contributed by atoms with Gasteiger partial charge in [-0.05, 0) is 39.0 Å². The molecule has 1 fully saturated rings. The summed E-state index contributed by atoms with van der Waals surface area (Å²) in [7, 11) is 0. The first-order valence-electron chi connectivity index (χ1n) is 18.1. The summed E-state index contributed by atoms with van der Waals surface area (Å²) in [6.07, 6.45) is 38.1. The van der Waals surface area contributed by atoms with E-state index in [2.05, 4.69) is 19.2 Å². The van der Waals surface area contributed by atoms with Gasteiger partial charge in [0.05, 0.1) is 6.10 Å². The first kappa shape index (κ1) is 36.5. The van der Waals surface area contributed by atoms with Crippen molar-refractivity contribution in [1.29, 1.82) is 0 Å². The fourth-order valence-corrected chi connectivity index (χ4v) is 6.30. The molecule has 0 spiro atoms. The maximum atomic E-state index is 12.8. The zero-order valence-corrected chi connectivity index (χ0v) is 27.1. The average Bonchev–Trinajstić information content (AvgIpc) is 2.92. The lowest BCUT2D eigenvalue weighted by Crippen LogP contribution is -2.38. The van der Waals surface area contributed by atoms with Crippen molar-refractivity contribution in [2.75, 3.05) is 6.54 Å². The predicted molar refractivity (Wildman–Crippen MR) is 171 cm³/mol. The second kappa shape index (κ2) is 27.6. The lowest BCUT2D eigenvalue weighted by molar-refractivity contribution is -0.135. The number of nitrogens with one attached hydrogen (secondary N) is 1. The molecule has 1 N–H and O–H groups in total. The first-order chi connectivity index (χ1) is 19.1. The molecule has 1 saturated carbocycles. The highest BCUT2D eigenvalue weighted by Crippen LogP contribution is 2.21. The summed E-state index contributed by atoms with van der Waals surface area (Å²) in [5.74, 6) is 0.719. The monoisotopic (exact) mass is 550 g/mol. The lowest BCUT2D eigenvalue weighted by Gasteiger charge is -2.22. The Balaban J connectivity index is 2.13. The van der Waals surface area contributed by atoms with E-state index in [9.17, 15) is 4.79 Å². The van der Waals surface area contributed by atoms with Crippen LogP contribution in [0.15, 0.2) is 0 Å². The zero-order chi connectivity index (χ0) is 28.2. The Morgan fingerprint density at radius 1 is 0.615 bits per heavy atom. The summed E-state index contributed by atoms with van der Waals surface area (Å²) in [6, 6.07) is 0. The summed E-state index contributed by atoms with van der Waals surface area (Å²) < 4.78 is 6.10. The highest BCUT2D eigenvalue weighted by Gasteiger charge is 2.18. The van der Waals surface area contributed by atoms with Gasteiger partial charge in [0, 0.05) is 6.54 Å². The van der Waals surface area contributed by atoms with Crippen molar-refractivity contribution in [2.45, 2.75) is 213 Å². The summed E-state index contributed by atoms with van der Waals surface area (Å²) in [5.41, 5.74) is 0. The van der Waals surface area contributed by atoms with Gasteiger partial charge in [-0.2, -0.15) is 0 Å². The minimum atomic E-state index is -0.344. The van der Waals surface area contributed by atoms with E-state index in [0.29, 0.717) is 5.92 Å². The molecule has 0 aliphatic heterocycles. The third-order valence-electron chi connectivity index (χ3n) is 9.06. The van der Waals surface area contributed by atoms with Gasteiger partial charge in [-0.15, -0.1) is 0 Å². The summed E-state index contributed by atoms with van der Waals surface area (Å²) in [4.78, 5) is 12.8. The molecule has 0 aromatic carbocycles. The minimum Gasteiger partial charge on any atom is -0.366 e. The molecule has 1 amide bonds. The molecular weight excluding hydrogens is 478 g/mol. The highest BCUT2D eigenvalue weighted by molar-refractivity contribution is 5.80. The molecule has 0 aromatic heterocycles. The van der Waals surface area contributed by atoms with E-state index < -0.39 is 0 Å². The topological polar surface area (TPSA) is 38.3 Å². The zero-order valence-electron chi connectivity index (χ0n) is 27.1. The Morgan fingerprint density at radius 3 is 1.44 bits per heavy atom. The van der Waals surface area contributed by atoms with Gasteiger partial charge >= 0.3 is 0 Å². The van der Waals surface area contributed by atoms with Crippen LogP contribution in [0, 0.1) is 5.92 Å². The Bertz CT molecular complexity index is 506. The standard InChI is InChI=1S/C36H71NO2/c1-4-5-6-7-8-9-10-14-17-20-23-26-29-33(2)39-34(3)36(38)37-32-35-30-27-24-21-18-15-12-11-13-16-19-22-25-28-31-35/h33-35H,4-32H2,1-3H3,(H,37,38). The molecule has 3 heteroatoms. The van der Waals surface area contributed by atoms with E-state index in [0.717, 1.165) is 13.0 Å². The van der Waals surface area contributed by atoms with Gasteiger partial charge in [0.2, 0.25) is 5.91 Å². The number of hydrogen-bond acceptors (Lipinski definition) is 2. The second-order valence-electron chi connectivity index (χ2n) is 13.1. The summed E-state index contributed by atoms with van der Waals surface area (Å²) >= 11 is 0. The SMILES string of the molecule is CCCCCCCCCCCCCCC(C)OC(C)C(=O)NCC1CCCCCCCCCCCCCCC1. The number of rotatable bonds is 18. The normalized spacial score (nSPS) is 18.9. The number of hydrogen-bond donors (Lipinski definition) is 1. The van der Waals surface area contributed by atoms with Crippen LogP contribution in [0.25, 0.3) is 0 Å². The van der Waals surface area contributed by atoms with Crippen LogP contribution in [0.3, 0.4) is 0 Å². The summed E-state index contributed by atoms with van der Waals surface area (Å²) in [5, 5.41) is 3.26. The van der Waals surface area contributed by atoms with Gasteiger partial charge in [0.15, 0.2) is 0 Å². The van der Waals surface area contributed by atoms with Crippen LogP contribution in [0.5, 0.6) is 0 Å². The van der Waals surface area contributed by atoms with Crippen molar-refractivity contribution in [3.05, 3.63) is 0 Å². The van der Waals surface area contributed by atoms with Crippen molar-refractivity contribution in [3.8, 4) is 0 Å². The molecule has 0 radical (unpaired) electrons. The molecule has 2 unspecified atom stereocenters. The van der Waals surface area contributed by atoms with Crippen LogP contribution in [0.2, 0.25) is 0 Å². The number of carbonyl (C=O) groups excluding carboxylic acids is 1. The van der Waals surface area contributed by atoms with Gasteiger partial charge < -0.3 is 10.1 Å². The van der Waals surface area contributed by atoms with Crippen LogP contribution in [0.1, 0.15) is 201 Å². The van der Waals surface area contributed by atoms with Crippen LogP contribution < -0.4 is 5.32 Å². The number of ether oxygens (including phenoxy) is 1. The predicted octanol–water partition coefficient (Wildman–Crippen LogP) is 11.5. The van der Waals surface area contributed by atoms with Crippen molar-refractivity contribution >= 4 is 5.91 Å². The lowest BCUT2D eigenvalue weighted by atomic mass is 9.93. The van der Waals surface area contributed by atoms with Gasteiger partial charge in [-0.3, -0.25) is 4.79 Å². The van der Waals surface area contributed by atoms with Crippen LogP contribution in [0.4, 0.5) is 0 Å². The molecule has 0 heterocycles. The third-order valence-corrected chi connectivity index (χ3v) is 9.06. The fraction of sp³-hybridized carbons (Fsp3) is 0.972. The molecule has 232 valence electrons. The van der Waals surface area contributed by atoms with Gasteiger partial charge in [0.25, 0.3) is 0 Å². The Labute approximate surface area is 245 Å². The van der Waals surface area contributed by atoms with E-state index in [-0.39, 0.29) is 18.1 Å². The molecule has 39 heavy (non-hydrogen) atoms. The molecule has 1 aliphatic rings. The molecule has 1 rings (SSSR count). The van der Waals surface area contributed by atoms with Crippen molar-refractivity contribution in [1.82, 2.24) is 5.32 Å². The molecule has 3 nitrogen and oxygen atoms in total.